The number of likely N-dealkylation sites (N-methyl/N-ethyl adjacent to an activating group) is 1. The number of rotatable bonds is 8. The van der Waals surface area contributed by atoms with Crippen molar-refractivity contribution >= 4 is 23.4 Å². The largest absolute Gasteiger partial charge is 0.444 e. The van der Waals surface area contributed by atoms with Gasteiger partial charge in [-0.15, -0.1) is 0 Å². The fourth-order valence-corrected chi connectivity index (χ4v) is 2.18. The van der Waals surface area contributed by atoms with Gasteiger partial charge < -0.3 is 19.8 Å². The minimum Gasteiger partial charge on any atom is -0.444 e. The molecule has 0 fully saturated rings. The highest BCUT2D eigenvalue weighted by Crippen LogP contribution is 2.18. The Balaban J connectivity index is 2.66. The van der Waals surface area contributed by atoms with Crippen LogP contribution >= 0.6 is 0 Å². The molecule has 0 aliphatic heterocycles. The number of ether oxygens (including phenoxy) is 1. The lowest BCUT2D eigenvalue weighted by Gasteiger charge is -2.24. The second kappa shape index (κ2) is 10.1. The number of hydrogen-bond donors (Lipinski definition) is 3. The molecule has 0 heterocycles. The summed E-state index contributed by atoms with van der Waals surface area (Å²) < 4.78 is 5.19. The molecule has 2 amide bonds. The molecule has 0 radical (unpaired) electrons. The van der Waals surface area contributed by atoms with E-state index in [1.807, 2.05) is 0 Å². The van der Waals surface area contributed by atoms with Crippen LogP contribution in [-0.2, 0) is 9.53 Å². The van der Waals surface area contributed by atoms with Gasteiger partial charge in [0, 0.05) is 31.5 Å². The predicted octanol–water partition coefficient (Wildman–Crippen LogP) is 1.28. The molecular weight excluding hydrogens is 338 g/mol. The third-order valence-electron chi connectivity index (χ3n) is 3.47. The maximum Gasteiger partial charge on any atom is 0.412 e. The summed E-state index contributed by atoms with van der Waals surface area (Å²) in [7, 11) is 1.65. The summed E-state index contributed by atoms with van der Waals surface area (Å²) in [6.07, 6.45) is -0.543. The molecule has 0 aliphatic rings. The average molecular weight is 367 g/mol. The number of aliphatic hydroxyl groups excluding tert-OH is 2. The highest BCUT2D eigenvalue weighted by molar-refractivity contribution is 5.94. The minimum atomic E-state index is -0.578. The molecule has 0 saturated heterocycles. The zero-order chi connectivity index (χ0) is 19.7. The first-order chi connectivity index (χ1) is 12.2. The molecule has 0 aliphatic carbocycles. The number of anilines is 2. The summed E-state index contributed by atoms with van der Waals surface area (Å²) >= 11 is 0. The summed E-state index contributed by atoms with van der Waals surface area (Å²) in [5, 5.41) is 20.7. The van der Waals surface area contributed by atoms with Crippen molar-refractivity contribution in [1.82, 2.24) is 4.90 Å². The molecule has 1 aromatic carbocycles. The third kappa shape index (κ3) is 7.81. The van der Waals surface area contributed by atoms with Gasteiger partial charge in [0.1, 0.15) is 5.60 Å². The lowest BCUT2D eigenvalue weighted by Crippen LogP contribution is -2.40. The van der Waals surface area contributed by atoms with Gasteiger partial charge in [0.15, 0.2) is 0 Å². The second-order valence-electron chi connectivity index (χ2n) is 6.85. The number of nitrogens with one attached hydrogen (secondary N) is 1. The van der Waals surface area contributed by atoms with Crippen LogP contribution in [0.25, 0.3) is 0 Å². The normalized spacial score (nSPS) is 11.3. The molecule has 0 unspecified atom stereocenters. The lowest BCUT2D eigenvalue weighted by atomic mass is 10.2. The summed E-state index contributed by atoms with van der Waals surface area (Å²) in [6, 6.07) is 6.80. The van der Waals surface area contributed by atoms with Crippen LogP contribution < -0.4 is 10.2 Å². The molecule has 1 aromatic rings. The number of benzene rings is 1. The average Bonchev–Trinajstić information content (AvgIpc) is 2.53. The number of nitrogens with zero attached hydrogens (tertiary/aromatic N) is 2. The van der Waals surface area contributed by atoms with Gasteiger partial charge in [-0.05, 0) is 45.0 Å². The van der Waals surface area contributed by atoms with Crippen molar-refractivity contribution in [3.63, 3.8) is 0 Å². The number of hydrogen-bond acceptors (Lipinski definition) is 6. The third-order valence-corrected chi connectivity index (χ3v) is 3.47. The summed E-state index contributed by atoms with van der Waals surface area (Å²) in [5.41, 5.74) is 0.648. The molecule has 146 valence electrons. The van der Waals surface area contributed by atoms with Gasteiger partial charge in [0.2, 0.25) is 5.91 Å². The minimum absolute atomic E-state index is 0.0813. The summed E-state index contributed by atoms with van der Waals surface area (Å²) in [4.78, 5) is 27.3. The SMILES string of the molecule is CN(C(=O)CN(CCO)CCO)c1ccc(NC(=O)OC(C)(C)C)cc1. The van der Waals surface area contributed by atoms with E-state index in [1.54, 1.807) is 57.0 Å². The predicted molar refractivity (Wildman–Crippen MR) is 100 cm³/mol. The standard InChI is InChI=1S/C18H29N3O5/c1-18(2,3)26-17(25)19-14-5-7-15(8-6-14)20(4)16(24)13-21(9-11-22)10-12-23/h5-8,22-23H,9-13H2,1-4H3,(H,19,25). The van der Waals surface area contributed by atoms with Gasteiger partial charge in [-0.3, -0.25) is 15.0 Å². The Morgan fingerprint density at radius 2 is 1.62 bits per heavy atom. The van der Waals surface area contributed by atoms with Crippen molar-refractivity contribution in [2.45, 2.75) is 26.4 Å². The van der Waals surface area contributed by atoms with Crippen molar-refractivity contribution in [1.29, 1.82) is 0 Å². The van der Waals surface area contributed by atoms with Gasteiger partial charge in [-0.1, -0.05) is 0 Å². The topological polar surface area (TPSA) is 102 Å². The quantitative estimate of drug-likeness (QED) is 0.640. The van der Waals surface area contributed by atoms with Crippen molar-refractivity contribution in [2.75, 3.05) is 50.1 Å². The van der Waals surface area contributed by atoms with Crippen LogP contribution in [0.15, 0.2) is 24.3 Å². The number of aliphatic hydroxyl groups is 2. The molecule has 8 heteroatoms. The number of carbonyl (C=O) groups excluding carboxylic acids is 2. The summed E-state index contributed by atoms with van der Waals surface area (Å²) in [5.74, 6) is -0.167. The molecule has 0 aromatic heterocycles. The zero-order valence-corrected chi connectivity index (χ0v) is 15.9. The monoisotopic (exact) mass is 367 g/mol. The van der Waals surface area contributed by atoms with E-state index >= 15 is 0 Å². The maximum absolute atomic E-state index is 12.4. The van der Waals surface area contributed by atoms with E-state index in [0.717, 1.165) is 0 Å². The highest BCUT2D eigenvalue weighted by atomic mass is 16.6. The second-order valence-corrected chi connectivity index (χ2v) is 6.85. The Morgan fingerprint density at radius 3 is 2.08 bits per heavy atom. The van der Waals surface area contributed by atoms with Crippen LogP contribution in [0.1, 0.15) is 20.8 Å². The Morgan fingerprint density at radius 1 is 1.08 bits per heavy atom. The van der Waals surface area contributed by atoms with E-state index in [0.29, 0.717) is 24.5 Å². The lowest BCUT2D eigenvalue weighted by molar-refractivity contribution is -0.119. The van der Waals surface area contributed by atoms with Crippen molar-refractivity contribution in [3.8, 4) is 0 Å². The van der Waals surface area contributed by atoms with E-state index in [9.17, 15) is 9.59 Å². The van der Waals surface area contributed by atoms with Gasteiger partial charge in [-0.25, -0.2) is 4.79 Å². The molecular formula is C18H29N3O5. The first kappa shape index (κ1) is 21.9. The van der Waals surface area contributed by atoms with E-state index in [2.05, 4.69) is 5.32 Å². The van der Waals surface area contributed by atoms with Gasteiger partial charge in [-0.2, -0.15) is 0 Å². The highest BCUT2D eigenvalue weighted by Gasteiger charge is 2.17. The van der Waals surface area contributed by atoms with E-state index in [1.165, 1.54) is 4.90 Å². The molecule has 0 saturated carbocycles. The van der Waals surface area contributed by atoms with Crippen molar-refractivity contribution in [2.24, 2.45) is 0 Å². The fraction of sp³-hybridized carbons (Fsp3) is 0.556. The summed E-state index contributed by atoms with van der Waals surface area (Å²) in [6.45, 7) is 5.92. The smallest absolute Gasteiger partial charge is 0.412 e. The van der Waals surface area contributed by atoms with E-state index < -0.39 is 11.7 Å². The van der Waals surface area contributed by atoms with Crippen LogP contribution in [0.5, 0.6) is 0 Å². The van der Waals surface area contributed by atoms with Crippen LogP contribution in [0.3, 0.4) is 0 Å². The molecule has 3 N–H and O–H groups in total. The Bertz CT molecular complexity index is 577. The molecule has 0 bridgehead atoms. The van der Waals surface area contributed by atoms with Crippen LogP contribution in [0.4, 0.5) is 16.2 Å². The first-order valence-electron chi connectivity index (χ1n) is 8.47. The Hall–Kier alpha value is -2.16. The fourth-order valence-electron chi connectivity index (χ4n) is 2.18. The van der Waals surface area contributed by atoms with Crippen molar-refractivity contribution < 1.29 is 24.5 Å². The maximum atomic E-state index is 12.4. The molecule has 0 atom stereocenters. The molecule has 0 spiro atoms. The van der Waals surface area contributed by atoms with Gasteiger partial charge in [0.05, 0.1) is 19.8 Å². The Labute approximate surface area is 154 Å². The van der Waals surface area contributed by atoms with Crippen LogP contribution in [0.2, 0.25) is 0 Å². The number of carbonyl (C=O) groups is 2. The molecule has 8 nitrogen and oxygen atoms in total. The Kier molecular flexibility index (Phi) is 8.50. The van der Waals surface area contributed by atoms with Gasteiger partial charge in [0.25, 0.3) is 0 Å². The van der Waals surface area contributed by atoms with Crippen LogP contribution in [-0.4, -0.2) is 72.6 Å². The van der Waals surface area contributed by atoms with E-state index in [-0.39, 0.29) is 25.7 Å². The van der Waals surface area contributed by atoms with Gasteiger partial charge >= 0.3 is 6.09 Å². The van der Waals surface area contributed by atoms with Crippen molar-refractivity contribution in [3.05, 3.63) is 24.3 Å². The molecule has 26 heavy (non-hydrogen) atoms. The van der Waals surface area contributed by atoms with E-state index in [4.69, 9.17) is 14.9 Å². The van der Waals surface area contributed by atoms with Crippen LogP contribution in [0, 0.1) is 0 Å². The zero-order valence-electron chi connectivity index (χ0n) is 15.9. The number of amides is 2. The molecule has 1 rings (SSSR count). The first-order valence-corrected chi connectivity index (χ1v) is 8.47.